The summed E-state index contributed by atoms with van der Waals surface area (Å²) in [5, 5.41) is 44.9. The van der Waals surface area contributed by atoms with Crippen molar-refractivity contribution in [2.75, 3.05) is 0 Å². The summed E-state index contributed by atoms with van der Waals surface area (Å²) in [5.74, 6) is 0. The lowest BCUT2D eigenvalue weighted by Gasteiger charge is -2.19. The number of nitrogens with zero attached hydrogens (tertiary/aromatic N) is 4. The van der Waals surface area contributed by atoms with Crippen molar-refractivity contribution in [3.63, 3.8) is 0 Å². The zero-order chi connectivity index (χ0) is 35.1. The minimum atomic E-state index is 0.0306. The molecule has 0 saturated carbocycles. The predicted octanol–water partition coefficient (Wildman–Crippen LogP) is 12.5. The van der Waals surface area contributed by atoms with Crippen LogP contribution in [-0.2, 0) is 0 Å². The SMILES string of the molecule is [C-]#[N+]/C(C#N)=C/c1ccc2c3c(-c4ccc(C#N)cc4)c4c(cc5c6ccccc6c6cccc4c65)c(-c4ccc(C#N)cc4)c3c3cccc1c32. The molecule has 0 aliphatic carbocycles. The van der Waals surface area contributed by atoms with Gasteiger partial charge in [0, 0.05) is 0 Å². The molecule has 10 aromatic carbocycles. The zero-order valence-electron chi connectivity index (χ0n) is 27.5. The molecule has 0 radical (unpaired) electrons. The summed E-state index contributed by atoms with van der Waals surface area (Å²) < 4.78 is 0. The van der Waals surface area contributed by atoms with Crippen LogP contribution in [0.5, 0.6) is 0 Å². The molecule has 0 atom stereocenters. The first kappa shape index (κ1) is 29.2. The van der Waals surface area contributed by atoms with E-state index in [0.717, 1.165) is 76.3 Å². The molecular formula is C48H22N4. The number of rotatable bonds is 3. The fourth-order valence-corrected chi connectivity index (χ4v) is 8.61. The number of fused-ring (bicyclic) bond motifs is 8. The third-order valence-electron chi connectivity index (χ3n) is 10.7. The van der Waals surface area contributed by atoms with Crippen LogP contribution in [0.25, 0.3) is 109 Å². The Hall–Kier alpha value is -7.76. The minimum absolute atomic E-state index is 0.0306. The quantitative estimate of drug-likeness (QED) is 0.108. The Morgan fingerprint density at radius 1 is 0.462 bits per heavy atom. The van der Waals surface area contributed by atoms with E-state index in [4.69, 9.17) is 6.57 Å². The van der Waals surface area contributed by atoms with E-state index in [2.05, 4.69) is 114 Å². The molecule has 10 rings (SSSR count). The van der Waals surface area contributed by atoms with Crippen LogP contribution in [0.3, 0.4) is 0 Å². The Kier molecular flexibility index (Phi) is 6.10. The lowest BCUT2D eigenvalue weighted by molar-refractivity contribution is 1.48. The van der Waals surface area contributed by atoms with E-state index in [1.165, 1.54) is 26.9 Å². The molecule has 0 spiro atoms. The first-order chi connectivity index (χ1) is 25.6. The van der Waals surface area contributed by atoms with Crippen molar-refractivity contribution < 1.29 is 0 Å². The van der Waals surface area contributed by atoms with Gasteiger partial charge in [-0.15, -0.1) is 0 Å². The largest absolute Gasteiger partial charge is 0.262 e. The van der Waals surface area contributed by atoms with Crippen molar-refractivity contribution in [2.45, 2.75) is 0 Å². The van der Waals surface area contributed by atoms with Gasteiger partial charge >= 0.3 is 0 Å². The molecule has 0 amide bonds. The van der Waals surface area contributed by atoms with E-state index in [9.17, 15) is 15.8 Å². The Bertz CT molecular complexity index is 3340. The van der Waals surface area contributed by atoms with Crippen LogP contribution in [-0.4, -0.2) is 0 Å². The van der Waals surface area contributed by atoms with Crippen molar-refractivity contribution in [3.05, 3.63) is 161 Å². The first-order valence-corrected chi connectivity index (χ1v) is 16.9. The van der Waals surface area contributed by atoms with E-state index in [-0.39, 0.29) is 5.70 Å². The van der Waals surface area contributed by atoms with E-state index in [1.807, 2.05) is 36.4 Å². The second-order valence-electron chi connectivity index (χ2n) is 13.2. The monoisotopic (exact) mass is 654 g/mol. The Morgan fingerprint density at radius 3 is 1.62 bits per heavy atom. The molecule has 0 aliphatic rings. The summed E-state index contributed by atoms with van der Waals surface area (Å²) >= 11 is 0. The van der Waals surface area contributed by atoms with E-state index < -0.39 is 0 Å². The van der Waals surface area contributed by atoms with Crippen LogP contribution in [0.15, 0.2) is 133 Å². The molecule has 0 aliphatic heterocycles. The summed E-state index contributed by atoms with van der Waals surface area (Å²) in [5.41, 5.74) is 6.22. The van der Waals surface area contributed by atoms with Crippen molar-refractivity contribution in [1.29, 1.82) is 15.8 Å². The first-order valence-electron chi connectivity index (χ1n) is 16.9. The number of hydrogen-bond donors (Lipinski definition) is 0. The second kappa shape index (κ2) is 10.9. The van der Waals surface area contributed by atoms with Crippen molar-refractivity contribution in [1.82, 2.24) is 0 Å². The van der Waals surface area contributed by atoms with Gasteiger partial charge in [0.2, 0.25) is 0 Å². The van der Waals surface area contributed by atoms with Gasteiger partial charge in [0.15, 0.2) is 0 Å². The average molecular weight is 655 g/mol. The molecule has 52 heavy (non-hydrogen) atoms. The van der Waals surface area contributed by atoms with E-state index in [0.29, 0.717) is 11.1 Å². The van der Waals surface area contributed by atoms with Crippen LogP contribution >= 0.6 is 0 Å². The van der Waals surface area contributed by atoms with Crippen molar-refractivity contribution in [3.8, 4) is 40.5 Å². The standard InChI is InChI=1S/C48H22N4/c1-52-32(26-51)22-31-20-21-39-44-33(31)8-4-11-38(44)47-42(29-16-12-27(24-49)13-17-29)41-23-40-35-7-3-2-6-34(35)36-9-5-10-37(45(36)40)46(41)43(48(39)47)30-18-14-28(25-50)15-19-30/h2-23H/b32-22+. The molecule has 4 heteroatoms. The summed E-state index contributed by atoms with van der Waals surface area (Å²) in [6, 6.07) is 50.3. The second-order valence-corrected chi connectivity index (χ2v) is 13.2. The third kappa shape index (κ3) is 3.87. The highest BCUT2D eigenvalue weighted by molar-refractivity contribution is 6.45. The van der Waals surface area contributed by atoms with Crippen molar-refractivity contribution in [2.24, 2.45) is 0 Å². The van der Waals surface area contributed by atoms with Gasteiger partial charge in [0.05, 0.1) is 35.9 Å². The molecular weight excluding hydrogens is 633 g/mol. The summed E-state index contributed by atoms with van der Waals surface area (Å²) in [4.78, 5) is 3.45. The molecule has 4 nitrogen and oxygen atoms in total. The van der Waals surface area contributed by atoms with E-state index >= 15 is 0 Å². The Labute approximate surface area is 298 Å². The number of nitriles is 3. The summed E-state index contributed by atoms with van der Waals surface area (Å²) in [6.07, 6.45) is 1.67. The molecule has 10 aromatic rings. The highest BCUT2D eigenvalue weighted by Crippen LogP contribution is 2.54. The minimum Gasteiger partial charge on any atom is -0.227 e. The zero-order valence-corrected chi connectivity index (χ0v) is 27.5. The van der Waals surface area contributed by atoms with Crippen LogP contribution in [0.4, 0.5) is 0 Å². The van der Waals surface area contributed by atoms with E-state index in [1.54, 1.807) is 6.08 Å². The topological polar surface area (TPSA) is 75.7 Å². The molecule has 0 saturated heterocycles. The van der Waals surface area contributed by atoms with Gasteiger partial charge in [0.1, 0.15) is 0 Å². The lowest BCUT2D eigenvalue weighted by Crippen LogP contribution is -1.91. The van der Waals surface area contributed by atoms with Crippen LogP contribution in [0.1, 0.15) is 16.7 Å². The van der Waals surface area contributed by atoms with Gasteiger partial charge in [0.25, 0.3) is 5.70 Å². The maximum Gasteiger partial charge on any atom is 0.262 e. The summed E-state index contributed by atoms with van der Waals surface area (Å²) in [7, 11) is 0. The molecule has 0 N–H and O–H groups in total. The van der Waals surface area contributed by atoms with Gasteiger partial charge in [-0.3, -0.25) is 0 Å². The fraction of sp³-hybridized carbons (Fsp3) is 0. The Balaban J connectivity index is 1.53. The maximum atomic E-state index is 9.75. The van der Waals surface area contributed by atoms with Crippen LogP contribution in [0.2, 0.25) is 0 Å². The van der Waals surface area contributed by atoms with Gasteiger partial charge in [-0.25, -0.2) is 10.1 Å². The smallest absolute Gasteiger partial charge is 0.227 e. The van der Waals surface area contributed by atoms with Crippen LogP contribution in [0, 0.1) is 40.6 Å². The molecule has 0 bridgehead atoms. The van der Waals surface area contributed by atoms with Gasteiger partial charge < -0.3 is 0 Å². The molecule has 234 valence electrons. The number of benzene rings is 8. The van der Waals surface area contributed by atoms with Gasteiger partial charge in [-0.2, -0.15) is 10.5 Å². The average Bonchev–Trinajstić information content (AvgIpc) is 3.71. The fourth-order valence-electron chi connectivity index (χ4n) is 8.61. The van der Waals surface area contributed by atoms with Gasteiger partial charge in [-0.1, -0.05) is 97.1 Å². The third-order valence-corrected chi connectivity index (χ3v) is 10.7. The normalized spacial score (nSPS) is 11.9. The highest BCUT2D eigenvalue weighted by atomic mass is 14.7. The summed E-state index contributed by atoms with van der Waals surface area (Å²) in [6.45, 7) is 7.55. The molecule has 0 aromatic heterocycles. The molecule has 0 heterocycles. The van der Waals surface area contributed by atoms with Crippen LogP contribution < -0.4 is 0 Å². The van der Waals surface area contributed by atoms with Crippen molar-refractivity contribution >= 4 is 81.5 Å². The lowest BCUT2D eigenvalue weighted by atomic mass is 9.83. The van der Waals surface area contributed by atoms with Gasteiger partial charge in [-0.05, 0) is 140 Å². The Morgan fingerprint density at radius 2 is 0.981 bits per heavy atom. The predicted molar refractivity (Wildman–Crippen MR) is 212 cm³/mol. The molecule has 0 fully saturated rings. The number of hydrogen-bond acceptors (Lipinski definition) is 3. The number of allylic oxidation sites excluding steroid dienone is 1. The molecule has 0 unspecified atom stereocenters. The maximum absolute atomic E-state index is 9.75. The highest BCUT2D eigenvalue weighted by Gasteiger charge is 2.26.